The van der Waals surface area contributed by atoms with Gasteiger partial charge in [0.25, 0.3) is 0 Å². The van der Waals surface area contributed by atoms with Gasteiger partial charge in [-0.15, -0.1) is 0 Å². The number of ether oxygens (including phenoxy) is 1. The fraction of sp³-hybridized carbons (Fsp3) is 0.467. The molecule has 0 aliphatic heterocycles. The van der Waals surface area contributed by atoms with Crippen LogP contribution >= 0.6 is 0 Å². The van der Waals surface area contributed by atoms with Gasteiger partial charge >= 0.3 is 0 Å². The van der Waals surface area contributed by atoms with E-state index in [9.17, 15) is 0 Å². The fourth-order valence-electron chi connectivity index (χ4n) is 1.68. The minimum Gasteiger partial charge on any atom is -0.488 e. The van der Waals surface area contributed by atoms with Gasteiger partial charge in [-0.05, 0) is 37.6 Å². The van der Waals surface area contributed by atoms with E-state index >= 15 is 0 Å². The molecule has 0 spiro atoms. The minimum absolute atomic E-state index is 0.149. The Kier molecular flexibility index (Phi) is 3.87. The third-order valence-electron chi connectivity index (χ3n) is 2.46. The van der Waals surface area contributed by atoms with E-state index in [1.54, 1.807) is 0 Å². The van der Waals surface area contributed by atoms with Crippen LogP contribution in [0.2, 0.25) is 19.6 Å². The molecule has 0 N–H and O–H groups in total. The van der Waals surface area contributed by atoms with Gasteiger partial charge in [-0.2, -0.15) is 0 Å². The van der Waals surface area contributed by atoms with Crippen LogP contribution in [0.1, 0.15) is 26.3 Å². The molecular formula is C15H24OSi. The predicted molar refractivity (Wildman–Crippen MR) is 79.9 cm³/mol. The maximum atomic E-state index is 6.06. The van der Waals surface area contributed by atoms with Gasteiger partial charge in [0.15, 0.2) is 0 Å². The van der Waals surface area contributed by atoms with Crippen LogP contribution in [0.3, 0.4) is 0 Å². The Hall–Kier alpha value is -1.02. The van der Waals surface area contributed by atoms with Crippen LogP contribution in [0.25, 0.3) is 6.08 Å². The molecule has 0 unspecified atom stereocenters. The standard InChI is InChI=1S/C15H24OSi/c1-8-12-9-10-13(16-15(2,3)4)14(11-12)17(5,6)7/h8-11H,1H2,2-7H3. The van der Waals surface area contributed by atoms with E-state index in [0.717, 1.165) is 5.75 Å². The largest absolute Gasteiger partial charge is 0.488 e. The van der Waals surface area contributed by atoms with E-state index in [0.29, 0.717) is 0 Å². The average Bonchev–Trinajstić information content (AvgIpc) is 2.14. The van der Waals surface area contributed by atoms with Crippen LogP contribution in [-0.2, 0) is 0 Å². The molecule has 94 valence electrons. The lowest BCUT2D eigenvalue weighted by Gasteiger charge is -2.27. The quantitative estimate of drug-likeness (QED) is 0.733. The lowest BCUT2D eigenvalue weighted by atomic mass is 10.1. The molecule has 0 heterocycles. The van der Waals surface area contributed by atoms with Crippen molar-refractivity contribution >= 4 is 19.3 Å². The van der Waals surface area contributed by atoms with Gasteiger partial charge in [0.1, 0.15) is 11.4 Å². The van der Waals surface area contributed by atoms with Gasteiger partial charge < -0.3 is 4.74 Å². The number of hydrogen-bond donors (Lipinski definition) is 0. The Bertz CT molecular complexity index is 408. The molecule has 2 heteroatoms. The number of rotatable bonds is 3. The summed E-state index contributed by atoms with van der Waals surface area (Å²) in [6, 6.07) is 6.37. The average molecular weight is 248 g/mol. The smallest absolute Gasteiger partial charge is 0.119 e. The van der Waals surface area contributed by atoms with E-state index in [-0.39, 0.29) is 5.60 Å². The Morgan fingerprint density at radius 3 is 2.18 bits per heavy atom. The monoisotopic (exact) mass is 248 g/mol. The molecule has 0 amide bonds. The Morgan fingerprint density at radius 1 is 1.18 bits per heavy atom. The summed E-state index contributed by atoms with van der Waals surface area (Å²) in [4.78, 5) is 0. The normalized spacial score (nSPS) is 12.4. The molecule has 17 heavy (non-hydrogen) atoms. The first-order valence-corrected chi connectivity index (χ1v) is 9.59. The molecule has 1 aromatic rings. The van der Waals surface area contributed by atoms with Crippen molar-refractivity contribution in [2.75, 3.05) is 0 Å². The SMILES string of the molecule is C=Cc1ccc(OC(C)(C)C)c([Si](C)(C)C)c1. The zero-order valence-electron chi connectivity index (χ0n) is 11.9. The molecule has 0 aliphatic carbocycles. The molecule has 1 rings (SSSR count). The maximum Gasteiger partial charge on any atom is 0.119 e. The highest BCUT2D eigenvalue weighted by Crippen LogP contribution is 2.21. The van der Waals surface area contributed by atoms with Crippen LogP contribution in [-0.4, -0.2) is 13.7 Å². The summed E-state index contributed by atoms with van der Waals surface area (Å²) in [5, 5.41) is 1.37. The van der Waals surface area contributed by atoms with E-state index in [1.807, 2.05) is 6.08 Å². The van der Waals surface area contributed by atoms with Crippen LogP contribution in [0.4, 0.5) is 0 Å². The van der Waals surface area contributed by atoms with Crippen molar-refractivity contribution in [3.8, 4) is 5.75 Å². The number of benzene rings is 1. The van der Waals surface area contributed by atoms with Crippen LogP contribution in [0.5, 0.6) is 5.75 Å². The van der Waals surface area contributed by atoms with E-state index in [1.165, 1.54) is 10.8 Å². The summed E-state index contributed by atoms with van der Waals surface area (Å²) in [5.41, 5.74) is 1.02. The summed E-state index contributed by atoms with van der Waals surface area (Å²) >= 11 is 0. The van der Waals surface area contributed by atoms with Gasteiger partial charge in [0, 0.05) is 0 Å². The third kappa shape index (κ3) is 4.04. The summed E-state index contributed by atoms with van der Waals surface area (Å²) in [7, 11) is -1.40. The Morgan fingerprint density at radius 2 is 1.76 bits per heavy atom. The van der Waals surface area contributed by atoms with Gasteiger partial charge in [-0.25, -0.2) is 0 Å². The summed E-state index contributed by atoms with van der Waals surface area (Å²) in [5.74, 6) is 1.03. The first-order valence-electron chi connectivity index (χ1n) is 6.09. The van der Waals surface area contributed by atoms with Crippen molar-refractivity contribution < 1.29 is 4.74 Å². The second-order valence-corrected chi connectivity index (χ2v) is 11.5. The molecule has 0 saturated carbocycles. The third-order valence-corrected chi connectivity index (χ3v) is 4.47. The lowest BCUT2D eigenvalue weighted by molar-refractivity contribution is 0.132. The van der Waals surface area contributed by atoms with Crippen molar-refractivity contribution in [1.29, 1.82) is 0 Å². The highest BCUT2D eigenvalue weighted by molar-refractivity contribution is 6.89. The molecule has 1 aromatic carbocycles. The second-order valence-electron chi connectivity index (χ2n) is 6.42. The highest BCUT2D eigenvalue weighted by atomic mass is 28.3. The predicted octanol–water partition coefficient (Wildman–Crippen LogP) is 4.05. The topological polar surface area (TPSA) is 9.23 Å². The zero-order valence-corrected chi connectivity index (χ0v) is 12.9. The molecule has 0 aromatic heterocycles. The maximum absolute atomic E-state index is 6.06. The Labute approximate surface area is 107 Å². The molecule has 0 aliphatic rings. The van der Waals surface area contributed by atoms with Crippen LogP contribution < -0.4 is 9.92 Å². The summed E-state index contributed by atoms with van der Waals surface area (Å²) in [6.45, 7) is 17.1. The molecule has 0 atom stereocenters. The summed E-state index contributed by atoms with van der Waals surface area (Å²) in [6.07, 6.45) is 1.89. The molecule has 0 fully saturated rings. The van der Waals surface area contributed by atoms with Gasteiger partial charge in [0.05, 0.1) is 8.07 Å². The molecule has 1 nitrogen and oxygen atoms in total. The number of hydrogen-bond acceptors (Lipinski definition) is 1. The molecule has 0 saturated heterocycles. The molecule has 0 bridgehead atoms. The van der Waals surface area contributed by atoms with Crippen molar-refractivity contribution in [2.45, 2.75) is 46.0 Å². The van der Waals surface area contributed by atoms with E-state index < -0.39 is 8.07 Å². The highest BCUT2D eigenvalue weighted by Gasteiger charge is 2.23. The zero-order chi connectivity index (χ0) is 13.3. The Balaban J connectivity index is 3.25. The van der Waals surface area contributed by atoms with Crippen molar-refractivity contribution in [3.05, 3.63) is 30.3 Å². The van der Waals surface area contributed by atoms with Gasteiger partial charge in [0.2, 0.25) is 0 Å². The fourth-order valence-corrected chi connectivity index (χ4v) is 3.15. The van der Waals surface area contributed by atoms with Crippen LogP contribution in [0, 0.1) is 0 Å². The van der Waals surface area contributed by atoms with Crippen molar-refractivity contribution in [3.63, 3.8) is 0 Å². The van der Waals surface area contributed by atoms with E-state index in [4.69, 9.17) is 4.74 Å². The molecular weight excluding hydrogens is 224 g/mol. The summed E-state index contributed by atoms with van der Waals surface area (Å²) < 4.78 is 6.06. The van der Waals surface area contributed by atoms with E-state index in [2.05, 4.69) is 65.2 Å². The second kappa shape index (κ2) is 4.69. The first-order chi connectivity index (χ1) is 7.63. The van der Waals surface area contributed by atoms with Crippen molar-refractivity contribution in [1.82, 2.24) is 0 Å². The minimum atomic E-state index is -1.40. The van der Waals surface area contributed by atoms with Crippen molar-refractivity contribution in [2.24, 2.45) is 0 Å². The van der Waals surface area contributed by atoms with Crippen LogP contribution in [0.15, 0.2) is 24.8 Å². The molecule has 0 radical (unpaired) electrons. The first kappa shape index (κ1) is 14.0. The van der Waals surface area contributed by atoms with Gasteiger partial charge in [-0.3, -0.25) is 0 Å². The van der Waals surface area contributed by atoms with Gasteiger partial charge in [-0.1, -0.05) is 44.4 Å². The lowest BCUT2D eigenvalue weighted by Crippen LogP contribution is -2.40.